The fourth-order valence-electron chi connectivity index (χ4n) is 1.53. The molecule has 0 aliphatic carbocycles. The molecule has 18 heavy (non-hydrogen) atoms. The Labute approximate surface area is 104 Å². The first-order valence-electron chi connectivity index (χ1n) is 5.64. The Balaban J connectivity index is 2.68. The molecular formula is C11H16N4O3. The molecule has 0 radical (unpaired) electrons. The zero-order valence-corrected chi connectivity index (χ0v) is 10.1. The van der Waals surface area contributed by atoms with Gasteiger partial charge in [-0.2, -0.15) is 0 Å². The summed E-state index contributed by atoms with van der Waals surface area (Å²) in [5, 5.41) is 19.1. The number of nitrogens with two attached hydrogens (primary N) is 1. The van der Waals surface area contributed by atoms with Crippen molar-refractivity contribution in [3.8, 4) is 0 Å². The Morgan fingerprint density at radius 3 is 2.61 bits per heavy atom. The highest BCUT2D eigenvalue weighted by molar-refractivity contribution is 5.90. The smallest absolute Gasteiger partial charge is 0.305 e. The number of rotatable bonds is 7. The van der Waals surface area contributed by atoms with Gasteiger partial charge in [0, 0.05) is 6.04 Å². The molecular weight excluding hydrogens is 236 g/mol. The highest BCUT2D eigenvalue weighted by atomic mass is 16.4. The Morgan fingerprint density at radius 2 is 2.17 bits per heavy atom. The SMILES string of the molecule is CCCC(CC(=O)O)Nc1ccc(C(N)=O)nn1. The van der Waals surface area contributed by atoms with Gasteiger partial charge < -0.3 is 16.2 Å². The minimum absolute atomic E-state index is 0.00703. The summed E-state index contributed by atoms with van der Waals surface area (Å²) in [6, 6.07) is 2.79. The van der Waals surface area contributed by atoms with Gasteiger partial charge in [-0.3, -0.25) is 9.59 Å². The number of hydrogen-bond donors (Lipinski definition) is 3. The average Bonchev–Trinajstić information content (AvgIpc) is 2.29. The van der Waals surface area contributed by atoms with Gasteiger partial charge in [-0.25, -0.2) is 0 Å². The highest BCUT2D eigenvalue weighted by Gasteiger charge is 2.13. The molecule has 1 rings (SSSR count). The lowest BCUT2D eigenvalue weighted by molar-refractivity contribution is -0.137. The van der Waals surface area contributed by atoms with Crippen molar-refractivity contribution in [2.75, 3.05) is 5.32 Å². The molecule has 1 aromatic rings. The molecule has 4 N–H and O–H groups in total. The summed E-state index contributed by atoms with van der Waals surface area (Å²) >= 11 is 0. The molecule has 7 heteroatoms. The molecule has 1 unspecified atom stereocenters. The van der Waals surface area contributed by atoms with Crippen molar-refractivity contribution >= 4 is 17.7 Å². The van der Waals surface area contributed by atoms with Crippen molar-refractivity contribution in [1.29, 1.82) is 0 Å². The third-order valence-electron chi connectivity index (χ3n) is 2.33. The molecule has 0 fully saturated rings. The standard InChI is InChI=1S/C11H16N4O3/c1-2-3-7(6-10(16)17)13-9-5-4-8(11(12)18)14-15-9/h4-5,7H,2-3,6H2,1H3,(H2,12,18)(H,13,15)(H,16,17). The first-order valence-corrected chi connectivity index (χ1v) is 5.64. The van der Waals surface area contributed by atoms with E-state index in [0.717, 1.165) is 6.42 Å². The Hall–Kier alpha value is -2.18. The number of carboxylic acid groups (broad SMARTS) is 1. The van der Waals surface area contributed by atoms with Gasteiger partial charge in [-0.05, 0) is 18.6 Å². The van der Waals surface area contributed by atoms with E-state index in [-0.39, 0.29) is 18.2 Å². The zero-order chi connectivity index (χ0) is 13.5. The minimum atomic E-state index is -0.873. The van der Waals surface area contributed by atoms with Crippen molar-refractivity contribution in [2.24, 2.45) is 5.73 Å². The van der Waals surface area contributed by atoms with Crippen molar-refractivity contribution in [2.45, 2.75) is 32.2 Å². The van der Waals surface area contributed by atoms with Crippen LogP contribution in [0.3, 0.4) is 0 Å². The second kappa shape index (κ2) is 6.53. The highest BCUT2D eigenvalue weighted by Crippen LogP contribution is 2.10. The lowest BCUT2D eigenvalue weighted by Crippen LogP contribution is -2.24. The molecule has 0 bridgehead atoms. The van der Waals surface area contributed by atoms with E-state index >= 15 is 0 Å². The van der Waals surface area contributed by atoms with Crippen LogP contribution in [0.5, 0.6) is 0 Å². The minimum Gasteiger partial charge on any atom is -0.481 e. The number of hydrogen-bond acceptors (Lipinski definition) is 5. The molecule has 1 atom stereocenters. The molecule has 1 amide bonds. The molecule has 98 valence electrons. The number of carbonyl (C=O) groups is 2. The molecule has 0 spiro atoms. The quantitative estimate of drug-likeness (QED) is 0.655. The monoisotopic (exact) mass is 252 g/mol. The van der Waals surface area contributed by atoms with E-state index in [1.807, 2.05) is 6.92 Å². The van der Waals surface area contributed by atoms with Gasteiger partial charge in [0.2, 0.25) is 0 Å². The first kappa shape index (κ1) is 13.9. The number of nitrogens with one attached hydrogen (secondary N) is 1. The molecule has 0 saturated heterocycles. The predicted molar refractivity (Wildman–Crippen MR) is 65.1 cm³/mol. The molecule has 0 aliphatic rings. The number of carbonyl (C=O) groups excluding carboxylic acids is 1. The number of aliphatic carboxylic acids is 1. The van der Waals surface area contributed by atoms with Crippen LogP contribution in [0.4, 0.5) is 5.82 Å². The maximum absolute atomic E-state index is 10.8. The van der Waals surface area contributed by atoms with E-state index < -0.39 is 11.9 Å². The molecule has 7 nitrogen and oxygen atoms in total. The van der Waals surface area contributed by atoms with Gasteiger partial charge in [0.05, 0.1) is 6.42 Å². The normalized spacial score (nSPS) is 11.8. The number of nitrogens with zero attached hydrogens (tertiary/aromatic N) is 2. The second-order valence-electron chi connectivity index (χ2n) is 3.90. The summed E-state index contributed by atoms with van der Waals surface area (Å²) < 4.78 is 0. The van der Waals surface area contributed by atoms with E-state index in [4.69, 9.17) is 10.8 Å². The van der Waals surface area contributed by atoms with Crippen molar-refractivity contribution in [1.82, 2.24) is 10.2 Å². The lowest BCUT2D eigenvalue weighted by atomic mass is 10.1. The topological polar surface area (TPSA) is 118 Å². The van der Waals surface area contributed by atoms with E-state index in [9.17, 15) is 9.59 Å². The zero-order valence-electron chi connectivity index (χ0n) is 10.1. The molecule has 0 aliphatic heterocycles. The Morgan fingerprint density at radius 1 is 1.44 bits per heavy atom. The van der Waals surface area contributed by atoms with Gasteiger partial charge in [0.25, 0.3) is 5.91 Å². The first-order chi connectivity index (χ1) is 8.52. The maximum Gasteiger partial charge on any atom is 0.305 e. The van der Waals surface area contributed by atoms with Gasteiger partial charge in [-0.15, -0.1) is 10.2 Å². The Bertz CT molecular complexity index is 419. The number of carboxylic acids is 1. The fourth-order valence-corrected chi connectivity index (χ4v) is 1.53. The van der Waals surface area contributed by atoms with Crippen LogP contribution < -0.4 is 11.1 Å². The van der Waals surface area contributed by atoms with Crippen LogP contribution in [-0.4, -0.2) is 33.2 Å². The summed E-state index contributed by atoms with van der Waals surface area (Å²) in [6.45, 7) is 1.97. The van der Waals surface area contributed by atoms with E-state index in [2.05, 4.69) is 15.5 Å². The summed E-state index contributed by atoms with van der Waals surface area (Å²) in [7, 11) is 0. The third-order valence-corrected chi connectivity index (χ3v) is 2.33. The van der Waals surface area contributed by atoms with E-state index in [1.54, 1.807) is 6.07 Å². The molecule has 0 aromatic carbocycles. The number of primary amides is 1. The summed E-state index contributed by atoms with van der Waals surface area (Å²) in [5.41, 5.74) is 5.11. The van der Waals surface area contributed by atoms with Crippen LogP contribution >= 0.6 is 0 Å². The molecule has 1 aromatic heterocycles. The number of amides is 1. The van der Waals surface area contributed by atoms with Crippen LogP contribution in [0.1, 0.15) is 36.7 Å². The van der Waals surface area contributed by atoms with Gasteiger partial charge in [0.15, 0.2) is 5.69 Å². The van der Waals surface area contributed by atoms with Crippen molar-refractivity contribution in [3.63, 3.8) is 0 Å². The largest absolute Gasteiger partial charge is 0.481 e. The van der Waals surface area contributed by atoms with Crippen LogP contribution in [0.2, 0.25) is 0 Å². The molecule has 1 heterocycles. The van der Waals surface area contributed by atoms with Crippen LogP contribution in [-0.2, 0) is 4.79 Å². The third kappa shape index (κ3) is 4.36. The van der Waals surface area contributed by atoms with Crippen LogP contribution in [0.15, 0.2) is 12.1 Å². The predicted octanol–water partition coefficient (Wildman–Crippen LogP) is 0.631. The summed E-state index contributed by atoms with van der Waals surface area (Å²) in [4.78, 5) is 21.5. The van der Waals surface area contributed by atoms with Gasteiger partial charge in [0.1, 0.15) is 5.82 Å². The lowest BCUT2D eigenvalue weighted by Gasteiger charge is -2.16. The summed E-state index contributed by atoms with van der Waals surface area (Å²) in [6.07, 6.45) is 1.58. The average molecular weight is 252 g/mol. The van der Waals surface area contributed by atoms with Crippen molar-refractivity contribution < 1.29 is 14.7 Å². The Kier molecular flexibility index (Phi) is 5.04. The van der Waals surface area contributed by atoms with Crippen molar-refractivity contribution in [3.05, 3.63) is 17.8 Å². The van der Waals surface area contributed by atoms with E-state index in [1.165, 1.54) is 6.07 Å². The maximum atomic E-state index is 10.8. The van der Waals surface area contributed by atoms with E-state index in [0.29, 0.717) is 12.2 Å². The van der Waals surface area contributed by atoms with Gasteiger partial charge in [-0.1, -0.05) is 13.3 Å². The summed E-state index contributed by atoms with van der Waals surface area (Å²) in [5.74, 6) is -1.09. The van der Waals surface area contributed by atoms with Crippen LogP contribution in [0.25, 0.3) is 0 Å². The van der Waals surface area contributed by atoms with Gasteiger partial charge >= 0.3 is 5.97 Å². The number of aromatic nitrogens is 2. The van der Waals surface area contributed by atoms with Crippen LogP contribution in [0, 0.1) is 0 Å². The second-order valence-corrected chi connectivity index (χ2v) is 3.90. The number of anilines is 1. The fraction of sp³-hybridized carbons (Fsp3) is 0.455. The molecule has 0 saturated carbocycles.